The van der Waals surface area contributed by atoms with E-state index >= 15 is 0 Å². The fourth-order valence-corrected chi connectivity index (χ4v) is 3.37. The van der Waals surface area contributed by atoms with Crippen LogP contribution >= 0.6 is 0 Å². The normalized spacial score (nSPS) is 16.8. The summed E-state index contributed by atoms with van der Waals surface area (Å²) in [6.45, 7) is 2.69. The molecule has 2 unspecified atom stereocenters. The van der Waals surface area contributed by atoms with Gasteiger partial charge in [0.15, 0.2) is 0 Å². The van der Waals surface area contributed by atoms with Crippen molar-refractivity contribution in [2.45, 2.75) is 31.9 Å². The molecule has 1 N–H and O–H groups in total. The number of carbonyl (C=O) groups is 1. The van der Waals surface area contributed by atoms with E-state index in [0.717, 1.165) is 23.2 Å². The smallest absolute Gasteiger partial charge is 0.410 e. The van der Waals surface area contributed by atoms with Crippen molar-refractivity contribution in [2.75, 3.05) is 13.2 Å². The summed E-state index contributed by atoms with van der Waals surface area (Å²) in [7, 11) is 0. The molecule has 2 atom stereocenters. The lowest BCUT2D eigenvalue weighted by Crippen LogP contribution is -2.43. The predicted molar refractivity (Wildman–Crippen MR) is 118 cm³/mol. The van der Waals surface area contributed by atoms with Gasteiger partial charge in [-0.25, -0.2) is 4.79 Å². The van der Waals surface area contributed by atoms with Crippen LogP contribution in [0.1, 0.15) is 31.4 Å². The largest absolute Gasteiger partial charge is 0.446 e. The molecule has 2 heterocycles. The molecule has 1 aliphatic heterocycles. The van der Waals surface area contributed by atoms with Crippen molar-refractivity contribution in [1.29, 1.82) is 0 Å². The van der Waals surface area contributed by atoms with E-state index in [-0.39, 0.29) is 24.8 Å². The molecule has 0 saturated carbocycles. The number of ether oxygens (including phenoxy) is 1. The highest BCUT2D eigenvalue weighted by Crippen LogP contribution is 2.27. The third kappa shape index (κ3) is 5.91. The molecule has 0 aliphatic carbocycles. The molecule has 1 aromatic heterocycles. The average molecular weight is 405 g/mol. The van der Waals surface area contributed by atoms with Gasteiger partial charge < -0.3 is 14.7 Å². The Hall–Kier alpha value is -3.18. The summed E-state index contributed by atoms with van der Waals surface area (Å²) < 4.78 is 5.39. The van der Waals surface area contributed by atoms with Crippen LogP contribution < -0.4 is 0 Å². The van der Waals surface area contributed by atoms with Crippen molar-refractivity contribution in [3.8, 4) is 11.3 Å². The SMILES string of the molecule is CC(c1ccc(-c2ccccn2)cc1)N1CCC(CCO)OC1=O.c1ccccc1. The van der Waals surface area contributed by atoms with Crippen LogP contribution in [0.4, 0.5) is 4.79 Å². The van der Waals surface area contributed by atoms with Gasteiger partial charge in [-0.1, -0.05) is 66.7 Å². The monoisotopic (exact) mass is 404 g/mol. The summed E-state index contributed by atoms with van der Waals surface area (Å²) in [4.78, 5) is 18.3. The molecule has 3 aromatic rings. The number of pyridine rings is 1. The van der Waals surface area contributed by atoms with Gasteiger partial charge >= 0.3 is 6.09 Å². The summed E-state index contributed by atoms with van der Waals surface area (Å²) in [6, 6.07) is 25.9. The lowest BCUT2D eigenvalue weighted by molar-refractivity contribution is 0.00401. The Morgan fingerprint density at radius 1 is 1.03 bits per heavy atom. The maximum atomic E-state index is 12.2. The molecule has 2 aromatic carbocycles. The number of benzene rings is 2. The lowest BCUT2D eigenvalue weighted by atomic mass is 10.0. The van der Waals surface area contributed by atoms with Gasteiger partial charge in [-0.3, -0.25) is 4.98 Å². The van der Waals surface area contributed by atoms with Crippen LogP contribution in [0.25, 0.3) is 11.3 Å². The Labute approximate surface area is 178 Å². The molecule has 30 heavy (non-hydrogen) atoms. The number of aliphatic hydroxyl groups excluding tert-OH is 1. The van der Waals surface area contributed by atoms with Gasteiger partial charge in [-0.2, -0.15) is 0 Å². The Kier molecular flexibility index (Phi) is 7.98. The van der Waals surface area contributed by atoms with Crippen molar-refractivity contribution in [2.24, 2.45) is 0 Å². The first-order valence-electron chi connectivity index (χ1n) is 10.3. The molecule has 5 nitrogen and oxygen atoms in total. The minimum absolute atomic E-state index is 0.0441. The molecule has 5 heteroatoms. The average Bonchev–Trinajstić information content (AvgIpc) is 2.81. The van der Waals surface area contributed by atoms with Crippen LogP contribution in [-0.2, 0) is 4.74 Å². The molecule has 1 saturated heterocycles. The topological polar surface area (TPSA) is 62.7 Å². The molecule has 0 spiro atoms. The molecule has 4 rings (SSSR count). The predicted octanol–water partition coefficient (Wildman–Crippen LogP) is 5.09. The molecule has 1 aliphatic rings. The second-order valence-corrected chi connectivity index (χ2v) is 7.17. The summed E-state index contributed by atoms with van der Waals surface area (Å²) in [5.74, 6) is 0. The maximum Gasteiger partial charge on any atom is 0.410 e. The Morgan fingerprint density at radius 2 is 1.70 bits per heavy atom. The van der Waals surface area contributed by atoms with Crippen LogP contribution in [0.15, 0.2) is 85.1 Å². The van der Waals surface area contributed by atoms with Crippen molar-refractivity contribution in [3.63, 3.8) is 0 Å². The quantitative estimate of drug-likeness (QED) is 0.643. The third-order valence-corrected chi connectivity index (χ3v) is 5.13. The second kappa shape index (κ2) is 11.1. The van der Waals surface area contributed by atoms with Gasteiger partial charge in [-0.15, -0.1) is 0 Å². The maximum absolute atomic E-state index is 12.2. The van der Waals surface area contributed by atoms with E-state index in [1.807, 2.05) is 85.8 Å². The molecule has 0 bridgehead atoms. The van der Waals surface area contributed by atoms with Crippen LogP contribution in [0.3, 0.4) is 0 Å². The second-order valence-electron chi connectivity index (χ2n) is 7.17. The third-order valence-electron chi connectivity index (χ3n) is 5.13. The lowest BCUT2D eigenvalue weighted by Gasteiger charge is -2.35. The van der Waals surface area contributed by atoms with Gasteiger partial charge in [0, 0.05) is 37.8 Å². The fraction of sp³-hybridized carbons (Fsp3) is 0.280. The zero-order chi connectivity index (χ0) is 21.2. The van der Waals surface area contributed by atoms with Crippen LogP contribution in [0, 0.1) is 0 Å². The van der Waals surface area contributed by atoms with E-state index in [9.17, 15) is 4.79 Å². The molecular weight excluding hydrogens is 376 g/mol. The van der Waals surface area contributed by atoms with E-state index in [1.165, 1.54) is 0 Å². The highest BCUT2D eigenvalue weighted by atomic mass is 16.6. The Balaban J connectivity index is 0.000000367. The number of rotatable bonds is 5. The highest BCUT2D eigenvalue weighted by Gasteiger charge is 2.30. The van der Waals surface area contributed by atoms with Gasteiger partial charge in [0.1, 0.15) is 6.10 Å². The van der Waals surface area contributed by atoms with E-state index in [0.29, 0.717) is 13.0 Å². The van der Waals surface area contributed by atoms with Gasteiger partial charge in [-0.05, 0) is 24.6 Å². The number of aromatic nitrogens is 1. The number of aliphatic hydroxyl groups is 1. The minimum atomic E-state index is -0.305. The number of cyclic esters (lactones) is 1. The summed E-state index contributed by atoms with van der Waals surface area (Å²) in [6.07, 6.45) is 2.56. The zero-order valence-electron chi connectivity index (χ0n) is 17.2. The van der Waals surface area contributed by atoms with Crippen LogP contribution in [-0.4, -0.2) is 40.3 Å². The van der Waals surface area contributed by atoms with E-state index in [2.05, 4.69) is 4.98 Å². The number of nitrogens with zero attached hydrogens (tertiary/aromatic N) is 2. The van der Waals surface area contributed by atoms with Crippen molar-refractivity contribution < 1.29 is 14.6 Å². The van der Waals surface area contributed by atoms with E-state index in [1.54, 1.807) is 11.1 Å². The van der Waals surface area contributed by atoms with Gasteiger partial charge in [0.05, 0.1) is 11.7 Å². The minimum Gasteiger partial charge on any atom is -0.446 e. The Morgan fingerprint density at radius 3 is 2.23 bits per heavy atom. The molecule has 1 fully saturated rings. The summed E-state index contributed by atoms with van der Waals surface area (Å²) >= 11 is 0. The standard InChI is InChI=1S/C19H22N2O3.C6H6/c1-14(21-12-9-17(10-13-22)24-19(21)23)15-5-7-16(8-6-15)18-4-2-3-11-20-18;1-2-4-6-5-3-1/h2-8,11,14,17,22H,9-10,12-13H2,1H3;1-6H. The highest BCUT2D eigenvalue weighted by molar-refractivity contribution is 5.69. The number of hydrogen-bond acceptors (Lipinski definition) is 4. The first kappa shape index (κ1) is 21.5. The van der Waals surface area contributed by atoms with Crippen molar-refractivity contribution in [1.82, 2.24) is 9.88 Å². The molecule has 1 amide bonds. The Bertz CT molecular complexity index is 859. The van der Waals surface area contributed by atoms with Gasteiger partial charge in [0.25, 0.3) is 0 Å². The zero-order valence-corrected chi connectivity index (χ0v) is 17.2. The molecular formula is C25H28N2O3. The van der Waals surface area contributed by atoms with Crippen molar-refractivity contribution >= 4 is 6.09 Å². The van der Waals surface area contributed by atoms with Crippen molar-refractivity contribution in [3.05, 3.63) is 90.6 Å². The van der Waals surface area contributed by atoms with E-state index < -0.39 is 0 Å². The number of amides is 1. The summed E-state index contributed by atoms with van der Waals surface area (Å²) in [5, 5.41) is 8.97. The molecule has 156 valence electrons. The number of hydrogen-bond donors (Lipinski definition) is 1. The summed E-state index contributed by atoms with van der Waals surface area (Å²) in [5.41, 5.74) is 3.05. The molecule has 0 radical (unpaired) electrons. The first-order chi connectivity index (χ1) is 14.7. The number of carbonyl (C=O) groups excluding carboxylic acids is 1. The first-order valence-corrected chi connectivity index (χ1v) is 10.3. The van der Waals surface area contributed by atoms with Crippen LogP contribution in [0.2, 0.25) is 0 Å². The van der Waals surface area contributed by atoms with E-state index in [4.69, 9.17) is 9.84 Å². The van der Waals surface area contributed by atoms with Crippen LogP contribution in [0.5, 0.6) is 0 Å². The fourth-order valence-electron chi connectivity index (χ4n) is 3.37. The van der Waals surface area contributed by atoms with Gasteiger partial charge in [0.2, 0.25) is 0 Å².